The van der Waals surface area contributed by atoms with E-state index in [2.05, 4.69) is 32.2 Å². The highest BCUT2D eigenvalue weighted by molar-refractivity contribution is 7.99. The third-order valence-corrected chi connectivity index (χ3v) is 26.4. The van der Waals surface area contributed by atoms with Crippen molar-refractivity contribution < 1.29 is 97.1 Å². The molecule has 10 N–H and O–H groups in total. The first-order chi connectivity index (χ1) is 50.1. The van der Waals surface area contributed by atoms with Crippen LogP contribution in [0.2, 0.25) is 0 Å². The lowest BCUT2D eigenvalue weighted by atomic mass is 9.72. The van der Waals surface area contributed by atoms with Gasteiger partial charge in [0.1, 0.15) is 37.0 Å². The number of nitriles is 1. The van der Waals surface area contributed by atoms with E-state index in [0.29, 0.717) is 135 Å². The molecule has 4 saturated heterocycles. The maximum atomic E-state index is 14.6. The van der Waals surface area contributed by atoms with Crippen LogP contribution in [0.3, 0.4) is 0 Å². The van der Waals surface area contributed by atoms with Gasteiger partial charge in [0.15, 0.2) is 80.1 Å². The molecule has 4 fully saturated rings. The van der Waals surface area contributed by atoms with Crippen molar-refractivity contribution in [3.63, 3.8) is 0 Å². The summed E-state index contributed by atoms with van der Waals surface area (Å²) in [5, 5.41) is 93.7. The standard InChI is InChI=1S/C38H41N3O11S.C37H38N4O9S/c1-15-8-19-9-21-36(45)41-22-12-49-37(46)38(20-11-24(47-4)23(43)10-18(20)6-7-39-38)13-53-35(29(41)28(40-21)25(19)30(44)31(15)48-5)27-26(22)34-33(50-14-51-34)16(2)32(27)52-17(3)42;1-15-7-18-8-20-21(11-38)41-22-12-48-36(45)37(19-10-24(46-3)23(42)9-17(19)5-6-39-37)13-51-35(29(41)28(40-20)25(18)31(44)32(15)47-4)27-26(22)34-33(49-14-50-34)16(2)30(27)43/h8,10-11,21-22,28-29,35-36,39-40,43-45H,6-7,9,12-14H2,1-5H3;7,9-10,20-22,28-29,35,39-40,42-44H,5-6,8,12-14H2,1-4H3/t21-,22-,28+,29?,35+,36-,38+;20-,21-,22-,28+,29?,35+,37+/m00/s1. The molecule has 2 unspecified atom stereocenters. The summed E-state index contributed by atoms with van der Waals surface area (Å²) in [7, 11) is 5.98. The molecule has 29 heteroatoms. The number of nitrogens with zero attached hydrogens (tertiary/aromatic N) is 3. The van der Waals surface area contributed by atoms with Crippen molar-refractivity contribution in [1.29, 1.82) is 5.26 Å². The van der Waals surface area contributed by atoms with E-state index in [1.54, 1.807) is 31.2 Å². The quantitative estimate of drug-likeness (QED) is 0.0650. The van der Waals surface area contributed by atoms with Crippen LogP contribution in [0.5, 0.6) is 80.5 Å². The van der Waals surface area contributed by atoms with E-state index in [9.17, 15) is 50.3 Å². The van der Waals surface area contributed by atoms with Crippen molar-refractivity contribution in [2.24, 2.45) is 0 Å². The number of carbonyl (C=O) groups excluding carboxylic acids is 3. The van der Waals surface area contributed by atoms with Gasteiger partial charge in [-0.3, -0.25) is 25.2 Å². The Morgan fingerprint density at radius 2 is 1.04 bits per heavy atom. The molecule has 14 heterocycles. The molecule has 14 aliphatic rings. The van der Waals surface area contributed by atoms with Crippen LogP contribution in [0.4, 0.5) is 0 Å². The minimum atomic E-state index is -1.36. The Kier molecular flexibility index (Phi) is 16.5. The molecule has 0 amide bonds. The second-order valence-corrected chi connectivity index (χ2v) is 30.9. The van der Waals surface area contributed by atoms with Crippen LogP contribution in [-0.2, 0) is 60.6 Å². The Labute approximate surface area is 606 Å². The Bertz CT molecular complexity index is 4750. The van der Waals surface area contributed by atoms with E-state index in [-0.39, 0.29) is 84.6 Å². The van der Waals surface area contributed by atoms with Crippen LogP contribution < -0.4 is 63.9 Å². The van der Waals surface area contributed by atoms with Gasteiger partial charge < -0.3 is 93.4 Å². The number of fused-ring (bicyclic) bond motifs is 18. The molecule has 0 aromatic heterocycles. The van der Waals surface area contributed by atoms with E-state index in [4.69, 9.17) is 52.1 Å². The van der Waals surface area contributed by atoms with Crippen molar-refractivity contribution in [3.8, 4) is 86.6 Å². The fraction of sp³-hybridized carbons (Fsp3) is 0.467. The van der Waals surface area contributed by atoms with E-state index in [1.165, 1.54) is 58.9 Å². The second-order valence-electron chi connectivity index (χ2n) is 28.6. The number of ether oxygens (including phenoxy) is 11. The molecular formula is C75H79N7O20S2. The Hall–Kier alpha value is -8.96. The molecular weight excluding hydrogens is 1380 g/mol. The predicted octanol–water partition coefficient (Wildman–Crippen LogP) is 6.50. The maximum absolute atomic E-state index is 14.6. The van der Waals surface area contributed by atoms with Gasteiger partial charge in [-0.05, 0) is 122 Å². The first-order valence-electron chi connectivity index (χ1n) is 34.7. The van der Waals surface area contributed by atoms with Gasteiger partial charge in [0.2, 0.25) is 13.6 Å². The highest BCUT2D eigenvalue weighted by Gasteiger charge is 2.63. The van der Waals surface area contributed by atoms with Crippen molar-refractivity contribution >= 4 is 41.4 Å². The summed E-state index contributed by atoms with van der Waals surface area (Å²) >= 11 is 2.92. The maximum Gasteiger partial charge on any atom is 0.331 e. The van der Waals surface area contributed by atoms with Gasteiger partial charge in [-0.25, -0.2) is 9.59 Å². The van der Waals surface area contributed by atoms with Gasteiger partial charge in [-0.15, -0.1) is 23.5 Å². The van der Waals surface area contributed by atoms with E-state index >= 15 is 0 Å². The molecule has 0 radical (unpaired) electrons. The molecule has 546 valence electrons. The zero-order valence-corrected chi connectivity index (χ0v) is 60.1. The average Bonchev–Trinajstić information content (AvgIpc) is 0.907. The van der Waals surface area contributed by atoms with Crippen LogP contribution in [-0.4, -0.2) is 175 Å². The topological polar surface area (TPSA) is 353 Å². The number of aliphatic hydroxyl groups excluding tert-OH is 1. The van der Waals surface area contributed by atoms with Crippen molar-refractivity contribution in [3.05, 3.63) is 125 Å². The Morgan fingerprint density at radius 3 is 1.55 bits per heavy atom. The zero-order chi connectivity index (χ0) is 72.6. The molecule has 2 spiro atoms. The number of thioether (sulfide) groups is 2. The third kappa shape index (κ3) is 9.70. The number of hydrogen-bond acceptors (Lipinski definition) is 29. The van der Waals surface area contributed by atoms with E-state index < -0.39 is 94.0 Å². The van der Waals surface area contributed by atoms with Crippen LogP contribution in [0.15, 0.2) is 36.4 Å². The van der Waals surface area contributed by atoms with Crippen molar-refractivity contribution in [1.82, 2.24) is 31.1 Å². The van der Waals surface area contributed by atoms with Gasteiger partial charge >= 0.3 is 17.9 Å². The molecule has 14 atom stereocenters. The van der Waals surface area contributed by atoms with Gasteiger partial charge in [-0.2, -0.15) is 5.26 Å². The number of esters is 3. The SMILES string of the molecule is COc1cc2c(cc1O)CCN[C@]21CS[C@@H]2c3c(O)c(C)c4c(c3[C@H](COC1=O)N1C2[C@@H]2N[C@@H](Cc3cc(C)c(OC)c(O)c32)[C@@H]1C#N)OCO4.COc1cc2c(cc1O)CCN[C@]21CS[C@@H]2c3c(OC(C)=O)c(C)c4c(c3[C@H](COC1=O)N1C2[C@@H]2N[C@@H](Cc3cc(C)c(OC)c(O)c32)[C@@H]1O)OCO4. The van der Waals surface area contributed by atoms with Gasteiger partial charge in [-0.1, -0.05) is 12.1 Å². The van der Waals surface area contributed by atoms with Gasteiger partial charge in [0.05, 0.1) is 75.2 Å². The molecule has 14 aliphatic heterocycles. The average molecular weight is 1460 g/mol. The summed E-state index contributed by atoms with van der Waals surface area (Å²) in [5.41, 5.74) is 8.61. The fourth-order valence-electron chi connectivity index (χ4n) is 19.1. The van der Waals surface area contributed by atoms with E-state index in [1.807, 2.05) is 37.8 Å². The molecule has 20 rings (SSSR count). The van der Waals surface area contributed by atoms with Gasteiger partial charge in [0.25, 0.3) is 0 Å². The molecule has 6 aromatic rings. The summed E-state index contributed by atoms with van der Waals surface area (Å²) in [6.07, 6.45) is 0.996. The third-order valence-electron chi connectivity index (χ3n) is 23.5. The molecule has 8 bridgehead atoms. The number of rotatable bonds is 5. The summed E-state index contributed by atoms with van der Waals surface area (Å²) in [6, 6.07) is 8.23. The van der Waals surface area contributed by atoms with Crippen molar-refractivity contribution in [2.45, 2.75) is 142 Å². The van der Waals surface area contributed by atoms with Gasteiger partial charge in [0, 0.05) is 94.2 Å². The second kappa shape index (κ2) is 25.1. The van der Waals surface area contributed by atoms with Crippen LogP contribution >= 0.6 is 23.5 Å². The Morgan fingerprint density at radius 1 is 0.567 bits per heavy atom. The normalized spacial score (nSPS) is 29.7. The first-order valence-corrected chi connectivity index (χ1v) is 36.8. The summed E-state index contributed by atoms with van der Waals surface area (Å²) in [4.78, 5) is 46.1. The number of aliphatic hydroxyl groups is 1. The predicted molar refractivity (Wildman–Crippen MR) is 374 cm³/mol. The molecule has 6 aromatic carbocycles. The lowest BCUT2D eigenvalue weighted by Gasteiger charge is -2.59. The minimum Gasteiger partial charge on any atom is -0.507 e. The number of carbonyl (C=O) groups is 3. The number of benzene rings is 6. The minimum absolute atomic E-state index is 0.0129. The van der Waals surface area contributed by atoms with Crippen LogP contribution in [0.1, 0.15) is 131 Å². The zero-order valence-electron chi connectivity index (χ0n) is 58.4. The molecule has 27 nitrogen and oxygen atoms in total. The number of phenolic OH excluding ortho intramolecular Hbond substituents is 5. The number of nitrogens with one attached hydrogen (secondary N) is 4. The molecule has 104 heavy (non-hydrogen) atoms. The largest absolute Gasteiger partial charge is 0.507 e. The molecule has 0 saturated carbocycles. The number of phenols is 5. The highest BCUT2D eigenvalue weighted by atomic mass is 32.2. The fourth-order valence-corrected chi connectivity index (χ4v) is 22.5. The summed E-state index contributed by atoms with van der Waals surface area (Å²) in [6.45, 7) is 9.18. The lowest BCUT2D eigenvalue weighted by molar-refractivity contribution is -0.164. The number of aromatic hydroxyl groups is 5. The first kappa shape index (κ1) is 68.2. The van der Waals surface area contributed by atoms with Crippen LogP contribution in [0.25, 0.3) is 0 Å². The smallest absolute Gasteiger partial charge is 0.331 e. The van der Waals surface area contributed by atoms with E-state index in [0.717, 1.165) is 33.4 Å². The van der Waals surface area contributed by atoms with Crippen molar-refractivity contribution in [2.75, 3.05) is 79.8 Å². The lowest BCUT2D eigenvalue weighted by Crippen LogP contribution is -2.69. The number of methoxy groups -OCH3 is 4. The summed E-state index contributed by atoms with van der Waals surface area (Å²) in [5.74, 6) is 2.18. The summed E-state index contributed by atoms with van der Waals surface area (Å²) < 4.78 is 65.3. The molecule has 0 aliphatic carbocycles. The Balaban J connectivity index is 0.000000154. The number of hydrogen-bond donors (Lipinski definition) is 10. The number of piperazine rings is 2. The highest BCUT2D eigenvalue weighted by Crippen LogP contribution is 2.66. The monoisotopic (exact) mass is 1460 g/mol. The number of aryl methyl sites for hydroxylation is 2. The van der Waals surface area contributed by atoms with Crippen LogP contribution in [0, 0.1) is 39.0 Å².